The largest absolute Gasteiger partial charge is 0.439 e. The highest BCUT2D eigenvalue weighted by molar-refractivity contribution is 6.24. The number of carbonyl (C=O) groups excluding carboxylic acids is 3. The predicted octanol–water partition coefficient (Wildman–Crippen LogP) is 3.23. The molecular weight excluding hydrogens is 460 g/mol. The van der Waals surface area contributed by atoms with Gasteiger partial charge in [-0.2, -0.15) is 5.10 Å². The molecule has 2 saturated heterocycles. The number of urea groups is 1. The van der Waals surface area contributed by atoms with Crippen LogP contribution >= 0.6 is 0 Å². The standard InChI is InChI=1S/C26H22N6O4/c1-16-3-5-18(6-4-16)32-15-17-13-20(8-9-21(17)30-32)36-22-10-7-19(14-27-22)31-12-2-11-26(31)23(33)28-25(35)29-24(26)34/h3-10,13-15H,2,11-12H2,1H3,(H2,28,29,33,34,35). The minimum Gasteiger partial charge on any atom is -0.439 e. The molecule has 180 valence electrons. The zero-order valence-electron chi connectivity index (χ0n) is 19.4. The van der Waals surface area contributed by atoms with Crippen LogP contribution in [0.25, 0.3) is 16.6 Å². The second-order valence-corrected chi connectivity index (χ2v) is 8.94. The van der Waals surface area contributed by atoms with Gasteiger partial charge in [-0.05, 0) is 56.2 Å². The van der Waals surface area contributed by atoms with Crippen molar-refractivity contribution >= 4 is 34.4 Å². The Hall–Kier alpha value is -4.73. The van der Waals surface area contributed by atoms with Crippen molar-refractivity contribution in [2.45, 2.75) is 25.3 Å². The highest BCUT2D eigenvalue weighted by Crippen LogP contribution is 2.36. The molecule has 0 aliphatic carbocycles. The highest BCUT2D eigenvalue weighted by Gasteiger charge is 2.57. The number of fused-ring (bicyclic) bond motifs is 1. The smallest absolute Gasteiger partial charge is 0.328 e. The summed E-state index contributed by atoms with van der Waals surface area (Å²) < 4.78 is 7.79. The third kappa shape index (κ3) is 3.54. The first-order valence-electron chi connectivity index (χ1n) is 11.6. The van der Waals surface area contributed by atoms with Gasteiger partial charge in [-0.15, -0.1) is 0 Å². The van der Waals surface area contributed by atoms with Crippen molar-refractivity contribution in [1.82, 2.24) is 25.4 Å². The molecule has 0 bridgehead atoms. The number of rotatable bonds is 4. The number of ether oxygens (including phenoxy) is 1. The van der Waals surface area contributed by atoms with Gasteiger partial charge in [0.1, 0.15) is 5.75 Å². The van der Waals surface area contributed by atoms with Crippen molar-refractivity contribution in [3.8, 4) is 17.3 Å². The minimum atomic E-state index is -1.46. The Bertz CT molecular complexity index is 1490. The monoisotopic (exact) mass is 482 g/mol. The number of benzene rings is 2. The van der Waals surface area contributed by atoms with Gasteiger partial charge < -0.3 is 9.64 Å². The predicted molar refractivity (Wildman–Crippen MR) is 131 cm³/mol. The Morgan fingerprint density at radius 3 is 2.42 bits per heavy atom. The first-order chi connectivity index (χ1) is 17.4. The van der Waals surface area contributed by atoms with Gasteiger partial charge in [-0.3, -0.25) is 20.2 Å². The molecule has 10 heteroatoms. The second kappa shape index (κ2) is 8.19. The molecule has 2 fully saturated rings. The molecule has 1 spiro atoms. The lowest BCUT2D eigenvalue weighted by Gasteiger charge is -2.38. The van der Waals surface area contributed by atoms with Crippen LogP contribution in [0, 0.1) is 6.92 Å². The Labute approximate surface area is 205 Å². The van der Waals surface area contributed by atoms with Crippen LogP contribution in [-0.4, -0.2) is 44.7 Å². The summed E-state index contributed by atoms with van der Waals surface area (Å²) in [6.45, 7) is 2.53. The van der Waals surface area contributed by atoms with E-state index in [0.717, 1.165) is 16.6 Å². The number of amides is 4. The van der Waals surface area contributed by atoms with Crippen molar-refractivity contribution in [2.75, 3.05) is 11.4 Å². The number of aryl methyl sites for hydroxylation is 1. The molecule has 4 heterocycles. The Kier molecular flexibility index (Phi) is 4.96. The number of aromatic nitrogens is 3. The number of imide groups is 2. The topological polar surface area (TPSA) is 118 Å². The summed E-state index contributed by atoms with van der Waals surface area (Å²) in [7, 11) is 0. The number of hydrogen-bond acceptors (Lipinski definition) is 7. The summed E-state index contributed by atoms with van der Waals surface area (Å²) in [4.78, 5) is 42.9. The van der Waals surface area contributed by atoms with E-state index in [2.05, 4.69) is 20.7 Å². The molecule has 2 aliphatic rings. The molecule has 10 nitrogen and oxygen atoms in total. The summed E-state index contributed by atoms with van der Waals surface area (Å²) >= 11 is 0. The van der Waals surface area contributed by atoms with Gasteiger partial charge in [0.15, 0.2) is 5.54 Å². The zero-order chi connectivity index (χ0) is 24.9. The Balaban J connectivity index is 1.22. The molecule has 4 aromatic rings. The van der Waals surface area contributed by atoms with Crippen LogP contribution in [0.2, 0.25) is 0 Å². The van der Waals surface area contributed by atoms with Crippen LogP contribution in [0.15, 0.2) is 67.0 Å². The molecule has 6 rings (SSSR count). The van der Waals surface area contributed by atoms with Crippen LogP contribution < -0.4 is 20.3 Å². The van der Waals surface area contributed by atoms with E-state index in [4.69, 9.17) is 4.74 Å². The van der Waals surface area contributed by atoms with Gasteiger partial charge >= 0.3 is 6.03 Å². The molecule has 2 aromatic heterocycles. The molecule has 0 saturated carbocycles. The second-order valence-electron chi connectivity index (χ2n) is 8.94. The first-order valence-corrected chi connectivity index (χ1v) is 11.6. The maximum Gasteiger partial charge on any atom is 0.328 e. The summed E-state index contributed by atoms with van der Waals surface area (Å²) in [6, 6.07) is 16.4. The van der Waals surface area contributed by atoms with Crippen molar-refractivity contribution in [2.24, 2.45) is 0 Å². The van der Waals surface area contributed by atoms with Crippen molar-refractivity contribution < 1.29 is 19.1 Å². The SMILES string of the molecule is Cc1ccc(-n2cc3cc(Oc4ccc(N5CCCC56C(=O)NC(=O)NC6=O)cn4)ccc3n2)cc1. The van der Waals surface area contributed by atoms with E-state index >= 15 is 0 Å². The molecule has 2 N–H and O–H groups in total. The molecule has 2 aromatic carbocycles. The maximum atomic E-state index is 12.7. The lowest BCUT2D eigenvalue weighted by Crippen LogP contribution is -2.71. The molecule has 0 radical (unpaired) electrons. The fourth-order valence-electron chi connectivity index (χ4n) is 4.80. The van der Waals surface area contributed by atoms with Gasteiger partial charge in [0.25, 0.3) is 11.8 Å². The van der Waals surface area contributed by atoms with Crippen LogP contribution in [-0.2, 0) is 9.59 Å². The Morgan fingerprint density at radius 1 is 0.944 bits per heavy atom. The quantitative estimate of drug-likeness (QED) is 0.429. The summed E-state index contributed by atoms with van der Waals surface area (Å²) in [5, 5.41) is 9.98. The van der Waals surface area contributed by atoms with Gasteiger partial charge in [0.05, 0.1) is 23.1 Å². The number of pyridine rings is 1. The van der Waals surface area contributed by atoms with E-state index < -0.39 is 23.4 Å². The lowest BCUT2D eigenvalue weighted by atomic mass is 9.92. The summed E-state index contributed by atoms with van der Waals surface area (Å²) in [5.41, 5.74) is 2.13. The number of nitrogens with zero attached hydrogens (tertiary/aromatic N) is 4. The maximum absolute atomic E-state index is 12.7. The van der Waals surface area contributed by atoms with E-state index in [1.54, 1.807) is 23.2 Å². The van der Waals surface area contributed by atoms with Crippen LogP contribution in [0.5, 0.6) is 11.6 Å². The number of barbiturate groups is 1. The third-order valence-electron chi connectivity index (χ3n) is 6.62. The number of carbonyl (C=O) groups is 3. The molecule has 0 unspecified atom stereocenters. The molecule has 36 heavy (non-hydrogen) atoms. The van der Waals surface area contributed by atoms with Crippen molar-refractivity contribution in [3.05, 3.63) is 72.6 Å². The fraction of sp³-hybridized carbons (Fsp3) is 0.192. The van der Waals surface area contributed by atoms with E-state index in [0.29, 0.717) is 36.7 Å². The number of nitrogens with one attached hydrogen (secondary N) is 2. The van der Waals surface area contributed by atoms with E-state index in [-0.39, 0.29) is 0 Å². The summed E-state index contributed by atoms with van der Waals surface area (Å²) in [5.74, 6) is -0.263. The first kappa shape index (κ1) is 21.8. The molecular formula is C26H22N6O4. The van der Waals surface area contributed by atoms with Crippen LogP contribution in [0.1, 0.15) is 18.4 Å². The average Bonchev–Trinajstić information content (AvgIpc) is 3.49. The van der Waals surface area contributed by atoms with E-state index in [1.807, 2.05) is 60.3 Å². The third-order valence-corrected chi connectivity index (χ3v) is 6.62. The normalized spacial score (nSPS) is 16.9. The zero-order valence-corrected chi connectivity index (χ0v) is 19.4. The van der Waals surface area contributed by atoms with Gasteiger partial charge in [-0.25, -0.2) is 14.5 Å². The van der Waals surface area contributed by atoms with Crippen molar-refractivity contribution in [1.29, 1.82) is 0 Å². The van der Waals surface area contributed by atoms with Gasteiger partial charge in [-0.1, -0.05) is 17.7 Å². The highest BCUT2D eigenvalue weighted by atomic mass is 16.5. The van der Waals surface area contributed by atoms with E-state index in [1.165, 1.54) is 5.56 Å². The molecule has 2 aliphatic heterocycles. The van der Waals surface area contributed by atoms with Crippen LogP contribution in [0.4, 0.5) is 10.5 Å². The van der Waals surface area contributed by atoms with E-state index in [9.17, 15) is 14.4 Å². The fourth-order valence-corrected chi connectivity index (χ4v) is 4.80. The molecule has 0 atom stereocenters. The van der Waals surface area contributed by atoms with Crippen molar-refractivity contribution in [3.63, 3.8) is 0 Å². The van der Waals surface area contributed by atoms with Gasteiger partial charge in [0.2, 0.25) is 5.88 Å². The number of anilines is 1. The Morgan fingerprint density at radius 2 is 1.69 bits per heavy atom. The van der Waals surface area contributed by atoms with Gasteiger partial charge in [0, 0.05) is 24.2 Å². The lowest BCUT2D eigenvalue weighted by molar-refractivity contribution is -0.137. The minimum absolute atomic E-state index is 0.312. The molecule has 4 amide bonds. The average molecular weight is 483 g/mol. The van der Waals surface area contributed by atoms with Crippen LogP contribution in [0.3, 0.4) is 0 Å². The summed E-state index contributed by atoms with van der Waals surface area (Å²) in [6.07, 6.45) is 4.45. The number of hydrogen-bond donors (Lipinski definition) is 2.